The van der Waals surface area contributed by atoms with Crippen molar-refractivity contribution in [1.82, 2.24) is 5.32 Å². The van der Waals surface area contributed by atoms with Crippen LogP contribution in [0.3, 0.4) is 0 Å². The lowest BCUT2D eigenvalue weighted by Gasteiger charge is -2.08. The average Bonchev–Trinajstić information content (AvgIpc) is 2.90. The normalized spacial score (nSPS) is 11.4. The second kappa shape index (κ2) is 7.39. The van der Waals surface area contributed by atoms with Crippen molar-refractivity contribution in [3.05, 3.63) is 54.0 Å². The molecule has 0 radical (unpaired) electrons. The number of sulfonamides is 1. The molecule has 0 saturated carbocycles. The molecule has 1 aromatic carbocycles. The second-order valence-corrected chi connectivity index (χ2v) is 6.76. The van der Waals surface area contributed by atoms with Gasteiger partial charge in [-0.05, 0) is 61.6 Å². The summed E-state index contributed by atoms with van der Waals surface area (Å²) in [5, 5.41) is 10.3. The number of amides is 1. The van der Waals surface area contributed by atoms with Crippen molar-refractivity contribution in [3.8, 4) is 0 Å². The van der Waals surface area contributed by atoms with Gasteiger partial charge in [-0.3, -0.25) is 10.1 Å². The van der Waals surface area contributed by atoms with Crippen LogP contribution in [-0.2, 0) is 14.8 Å². The summed E-state index contributed by atoms with van der Waals surface area (Å²) in [6, 6.07) is 9.17. The Hall–Kier alpha value is -2.49. The Bertz CT molecular complexity index is 884. The maximum absolute atomic E-state index is 11.7. The number of carbonyl (C=O) groups is 1. The SMILES string of the molecule is Cc1ccc(C=CC(=O)NC(=S)Nc2ccc(S(N)(=O)=O)cc2)o1. The highest BCUT2D eigenvalue weighted by atomic mass is 32.2. The molecule has 0 fully saturated rings. The number of carbonyl (C=O) groups excluding carboxylic acids is 1. The predicted molar refractivity (Wildman–Crippen MR) is 94.7 cm³/mol. The van der Waals surface area contributed by atoms with Gasteiger partial charge in [-0.2, -0.15) is 0 Å². The van der Waals surface area contributed by atoms with Crippen molar-refractivity contribution in [1.29, 1.82) is 0 Å². The van der Waals surface area contributed by atoms with E-state index in [0.717, 1.165) is 5.76 Å². The fourth-order valence-corrected chi connectivity index (χ4v) is 2.48. The molecule has 9 heteroatoms. The van der Waals surface area contributed by atoms with Gasteiger partial charge in [-0.25, -0.2) is 13.6 Å². The molecular weight excluding hydrogens is 350 g/mol. The summed E-state index contributed by atoms with van der Waals surface area (Å²) in [7, 11) is -3.75. The number of nitrogens with two attached hydrogens (primary N) is 1. The van der Waals surface area contributed by atoms with E-state index in [4.69, 9.17) is 21.8 Å². The van der Waals surface area contributed by atoms with Gasteiger partial charge in [0.05, 0.1) is 4.90 Å². The van der Waals surface area contributed by atoms with Crippen LogP contribution in [-0.4, -0.2) is 19.4 Å². The van der Waals surface area contributed by atoms with Crippen LogP contribution in [0.1, 0.15) is 11.5 Å². The van der Waals surface area contributed by atoms with Crippen molar-refractivity contribution in [2.24, 2.45) is 5.14 Å². The first-order chi connectivity index (χ1) is 11.2. The Balaban J connectivity index is 1.90. The quantitative estimate of drug-likeness (QED) is 0.562. The molecule has 0 aliphatic carbocycles. The molecule has 0 aliphatic heterocycles. The smallest absolute Gasteiger partial charge is 0.250 e. The van der Waals surface area contributed by atoms with E-state index >= 15 is 0 Å². The van der Waals surface area contributed by atoms with Crippen LogP contribution in [0.5, 0.6) is 0 Å². The van der Waals surface area contributed by atoms with Gasteiger partial charge in [0.2, 0.25) is 15.9 Å². The number of benzene rings is 1. The molecule has 1 amide bonds. The number of primary sulfonamides is 1. The van der Waals surface area contributed by atoms with Gasteiger partial charge in [-0.15, -0.1) is 0 Å². The van der Waals surface area contributed by atoms with E-state index < -0.39 is 15.9 Å². The highest BCUT2D eigenvalue weighted by Gasteiger charge is 2.07. The number of hydrogen-bond donors (Lipinski definition) is 3. The number of nitrogens with one attached hydrogen (secondary N) is 2. The fourth-order valence-electron chi connectivity index (χ4n) is 1.74. The summed E-state index contributed by atoms with van der Waals surface area (Å²) in [6.45, 7) is 1.80. The lowest BCUT2D eigenvalue weighted by Crippen LogP contribution is -2.32. The second-order valence-electron chi connectivity index (χ2n) is 4.79. The Morgan fingerprint density at radius 3 is 2.42 bits per heavy atom. The maximum atomic E-state index is 11.7. The van der Waals surface area contributed by atoms with Crippen LogP contribution >= 0.6 is 12.2 Å². The van der Waals surface area contributed by atoms with Gasteiger partial charge >= 0.3 is 0 Å². The molecule has 1 aromatic heterocycles. The first kappa shape index (κ1) is 17.9. The van der Waals surface area contributed by atoms with Gasteiger partial charge < -0.3 is 9.73 Å². The summed E-state index contributed by atoms with van der Waals surface area (Å²) < 4.78 is 27.6. The molecule has 24 heavy (non-hydrogen) atoms. The van der Waals surface area contributed by atoms with Crippen LogP contribution < -0.4 is 15.8 Å². The lowest BCUT2D eigenvalue weighted by atomic mass is 10.3. The van der Waals surface area contributed by atoms with E-state index in [1.165, 1.54) is 36.4 Å². The van der Waals surface area contributed by atoms with E-state index in [2.05, 4.69) is 10.6 Å². The number of thiocarbonyl (C=S) groups is 1. The third-order valence-corrected chi connectivity index (χ3v) is 3.97. The topological polar surface area (TPSA) is 114 Å². The molecule has 4 N–H and O–H groups in total. The molecule has 0 bridgehead atoms. The molecule has 0 unspecified atom stereocenters. The largest absolute Gasteiger partial charge is 0.462 e. The summed E-state index contributed by atoms with van der Waals surface area (Å²) in [5.74, 6) is 0.873. The molecule has 0 aliphatic rings. The predicted octanol–water partition coefficient (Wildman–Crippen LogP) is 1.76. The zero-order valence-electron chi connectivity index (χ0n) is 12.6. The fraction of sp³-hybridized carbons (Fsp3) is 0.0667. The van der Waals surface area contributed by atoms with Gasteiger partial charge in [0.25, 0.3) is 0 Å². The third kappa shape index (κ3) is 5.30. The summed E-state index contributed by atoms with van der Waals surface area (Å²) >= 11 is 5.01. The molecule has 2 aromatic rings. The summed E-state index contributed by atoms with van der Waals surface area (Å²) in [6.07, 6.45) is 2.81. The van der Waals surface area contributed by atoms with E-state index in [1.54, 1.807) is 19.1 Å². The number of rotatable bonds is 4. The molecule has 0 saturated heterocycles. The Morgan fingerprint density at radius 1 is 1.21 bits per heavy atom. The highest BCUT2D eigenvalue weighted by molar-refractivity contribution is 7.89. The van der Waals surface area contributed by atoms with Crippen LogP contribution in [0.25, 0.3) is 6.08 Å². The van der Waals surface area contributed by atoms with Crippen LogP contribution in [0.4, 0.5) is 5.69 Å². The van der Waals surface area contributed by atoms with Crippen LogP contribution in [0.15, 0.2) is 51.8 Å². The molecule has 0 atom stereocenters. The molecule has 7 nitrogen and oxygen atoms in total. The summed E-state index contributed by atoms with van der Waals surface area (Å²) in [5.41, 5.74) is 0.512. The standard InChI is InChI=1S/C15H15N3O4S2/c1-10-2-5-12(22-10)6-9-14(19)18-15(23)17-11-3-7-13(8-4-11)24(16,20)21/h2-9H,1H3,(H2,16,20,21)(H2,17,18,19,23). The molecular formula is C15H15N3O4S2. The zero-order valence-corrected chi connectivity index (χ0v) is 14.3. The average molecular weight is 365 g/mol. The third-order valence-electron chi connectivity index (χ3n) is 2.84. The molecule has 0 spiro atoms. The zero-order chi connectivity index (χ0) is 17.7. The van der Waals surface area contributed by atoms with Gasteiger partial charge in [0, 0.05) is 11.8 Å². The van der Waals surface area contributed by atoms with Gasteiger partial charge in [0.1, 0.15) is 11.5 Å². The number of aryl methyl sites for hydroxylation is 1. The number of anilines is 1. The Kier molecular flexibility index (Phi) is 5.50. The van der Waals surface area contributed by atoms with Crippen molar-refractivity contribution >= 4 is 45.0 Å². The summed E-state index contributed by atoms with van der Waals surface area (Å²) in [4.78, 5) is 11.7. The number of hydrogen-bond acceptors (Lipinski definition) is 5. The number of furan rings is 1. The Labute approximate surface area is 144 Å². The van der Waals surface area contributed by atoms with Crippen LogP contribution in [0, 0.1) is 6.92 Å². The first-order valence-electron chi connectivity index (χ1n) is 6.73. The first-order valence-corrected chi connectivity index (χ1v) is 8.69. The minimum atomic E-state index is -3.75. The minimum Gasteiger partial charge on any atom is -0.462 e. The lowest BCUT2D eigenvalue weighted by molar-refractivity contribution is -0.115. The van der Waals surface area contributed by atoms with Gasteiger partial charge in [0.15, 0.2) is 5.11 Å². The van der Waals surface area contributed by atoms with Crippen molar-refractivity contribution in [3.63, 3.8) is 0 Å². The van der Waals surface area contributed by atoms with E-state index in [1.807, 2.05) is 0 Å². The Morgan fingerprint density at radius 2 is 1.88 bits per heavy atom. The minimum absolute atomic E-state index is 0.0142. The monoisotopic (exact) mass is 365 g/mol. The highest BCUT2D eigenvalue weighted by Crippen LogP contribution is 2.12. The van der Waals surface area contributed by atoms with E-state index in [-0.39, 0.29) is 10.0 Å². The van der Waals surface area contributed by atoms with Gasteiger partial charge in [-0.1, -0.05) is 0 Å². The molecule has 1 heterocycles. The van der Waals surface area contributed by atoms with Crippen molar-refractivity contribution in [2.75, 3.05) is 5.32 Å². The van der Waals surface area contributed by atoms with Crippen molar-refractivity contribution in [2.45, 2.75) is 11.8 Å². The van der Waals surface area contributed by atoms with E-state index in [9.17, 15) is 13.2 Å². The molecule has 2 rings (SSSR count). The van der Waals surface area contributed by atoms with Crippen molar-refractivity contribution < 1.29 is 17.6 Å². The maximum Gasteiger partial charge on any atom is 0.250 e. The van der Waals surface area contributed by atoms with E-state index in [0.29, 0.717) is 11.4 Å². The van der Waals surface area contributed by atoms with Crippen LogP contribution in [0.2, 0.25) is 0 Å². The molecule has 126 valence electrons.